The summed E-state index contributed by atoms with van der Waals surface area (Å²) in [7, 11) is 0. The summed E-state index contributed by atoms with van der Waals surface area (Å²) in [4.78, 5) is 0. The van der Waals surface area contributed by atoms with Crippen molar-refractivity contribution >= 4 is 0 Å². The zero-order chi connectivity index (χ0) is 23.2. The summed E-state index contributed by atoms with van der Waals surface area (Å²) in [5.74, 6) is 1.19. The lowest BCUT2D eigenvalue weighted by molar-refractivity contribution is 0.401. The van der Waals surface area contributed by atoms with E-state index < -0.39 is 0 Å². The van der Waals surface area contributed by atoms with Gasteiger partial charge in [-0.05, 0) is 90.4 Å². The zero-order valence-corrected chi connectivity index (χ0v) is 18.1. The highest BCUT2D eigenvalue weighted by molar-refractivity contribution is 5.51. The summed E-state index contributed by atoms with van der Waals surface area (Å²) < 4.78 is 5.88. The van der Waals surface area contributed by atoms with Crippen molar-refractivity contribution in [3.8, 4) is 34.5 Å². The Kier molecular flexibility index (Phi) is 6.69. The van der Waals surface area contributed by atoms with Crippen LogP contribution in [0.4, 0.5) is 0 Å². The molecule has 0 unspecified atom stereocenters. The Morgan fingerprint density at radius 1 is 0.515 bits per heavy atom. The van der Waals surface area contributed by atoms with Gasteiger partial charge in [-0.1, -0.05) is 36.4 Å². The van der Waals surface area contributed by atoms with Crippen LogP contribution in [-0.2, 0) is 25.7 Å². The molecule has 0 amide bonds. The lowest BCUT2D eigenvalue weighted by Crippen LogP contribution is -1.94. The Labute approximate surface area is 192 Å². The van der Waals surface area contributed by atoms with Crippen LogP contribution < -0.4 is 4.74 Å². The fraction of sp³-hybridized carbons (Fsp3) is 0.143. The van der Waals surface area contributed by atoms with Crippen LogP contribution in [0.1, 0.15) is 22.3 Å². The van der Waals surface area contributed by atoms with Crippen LogP contribution >= 0.6 is 0 Å². The van der Waals surface area contributed by atoms with Gasteiger partial charge >= 0.3 is 0 Å². The van der Waals surface area contributed by atoms with Gasteiger partial charge in [-0.2, -0.15) is 0 Å². The molecule has 0 aliphatic rings. The number of ether oxygens (including phenoxy) is 1. The summed E-state index contributed by atoms with van der Waals surface area (Å²) in [6, 6.07) is 24.8. The molecule has 0 aliphatic carbocycles. The molecule has 4 aromatic rings. The Balaban J connectivity index is 1.41. The predicted molar refractivity (Wildman–Crippen MR) is 127 cm³/mol. The van der Waals surface area contributed by atoms with Crippen LogP contribution in [0.25, 0.3) is 0 Å². The molecular weight excluding hydrogens is 416 g/mol. The van der Waals surface area contributed by atoms with E-state index in [1.165, 1.54) is 6.07 Å². The Bertz CT molecular complexity index is 1230. The van der Waals surface area contributed by atoms with Gasteiger partial charge in [-0.15, -0.1) is 0 Å². The summed E-state index contributed by atoms with van der Waals surface area (Å²) in [6.07, 6.45) is 2.79. The average Bonchev–Trinajstić information content (AvgIpc) is 2.80. The van der Waals surface area contributed by atoms with E-state index in [1.807, 2.05) is 42.5 Å². The molecule has 5 nitrogen and oxygen atoms in total. The van der Waals surface area contributed by atoms with Crippen molar-refractivity contribution in [3.63, 3.8) is 0 Å². The van der Waals surface area contributed by atoms with E-state index in [0.717, 1.165) is 29.5 Å². The number of benzene rings is 4. The third-order valence-corrected chi connectivity index (χ3v) is 5.52. The number of rotatable bonds is 8. The van der Waals surface area contributed by atoms with Crippen LogP contribution in [0.2, 0.25) is 0 Å². The van der Waals surface area contributed by atoms with Crippen molar-refractivity contribution in [2.24, 2.45) is 0 Å². The smallest absolute Gasteiger partial charge is 0.169 e. The van der Waals surface area contributed by atoms with Crippen LogP contribution in [0.5, 0.6) is 34.5 Å². The summed E-state index contributed by atoms with van der Waals surface area (Å²) in [6.45, 7) is 0. The molecule has 0 radical (unpaired) electrons. The molecule has 0 heterocycles. The molecule has 0 saturated carbocycles. The van der Waals surface area contributed by atoms with Gasteiger partial charge in [0.15, 0.2) is 11.5 Å². The minimum absolute atomic E-state index is 0.00213. The quantitative estimate of drug-likeness (QED) is 0.274. The van der Waals surface area contributed by atoms with Gasteiger partial charge in [0, 0.05) is 6.07 Å². The number of phenols is 4. The van der Waals surface area contributed by atoms with E-state index in [9.17, 15) is 20.4 Å². The van der Waals surface area contributed by atoms with Crippen molar-refractivity contribution < 1.29 is 25.2 Å². The van der Waals surface area contributed by atoms with Crippen LogP contribution in [-0.4, -0.2) is 20.4 Å². The molecule has 33 heavy (non-hydrogen) atoms. The highest BCUT2D eigenvalue weighted by Gasteiger charge is 2.11. The first-order valence-corrected chi connectivity index (χ1v) is 10.8. The van der Waals surface area contributed by atoms with Gasteiger partial charge < -0.3 is 25.2 Å². The van der Waals surface area contributed by atoms with Gasteiger partial charge in [0.2, 0.25) is 0 Å². The number of aryl methyl sites for hydroxylation is 4. The minimum Gasteiger partial charge on any atom is -0.508 e. The monoisotopic (exact) mass is 442 g/mol. The fourth-order valence-corrected chi connectivity index (χ4v) is 3.72. The van der Waals surface area contributed by atoms with Crippen molar-refractivity contribution in [2.75, 3.05) is 0 Å². The second-order valence-electron chi connectivity index (χ2n) is 8.03. The van der Waals surface area contributed by atoms with Crippen LogP contribution in [0.15, 0.2) is 84.9 Å². The van der Waals surface area contributed by atoms with Gasteiger partial charge in [-0.3, -0.25) is 0 Å². The third kappa shape index (κ3) is 5.98. The summed E-state index contributed by atoms with van der Waals surface area (Å²) in [5, 5.41) is 39.7. The molecule has 0 fully saturated rings. The van der Waals surface area contributed by atoms with E-state index >= 15 is 0 Å². The topological polar surface area (TPSA) is 90.2 Å². The molecular formula is C28H26O5. The SMILES string of the molecule is Oc1cccc(CCc2ccc(Oc3cc(CCc4cccc(O)c4)c(O)cc3O)cc2)c1. The molecule has 5 heteroatoms. The molecule has 4 aromatic carbocycles. The van der Waals surface area contributed by atoms with Crippen molar-refractivity contribution in [2.45, 2.75) is 25.7 Å². The first-order chi connectivity index (χ1) is 16.0. The number of hydrogen-bond acceptors (Lipinski definition) is 5. The largest absolute Gasteiger partial charge is 0.508 e. The highest BCUT2D eigenvalue weighted by atomic mass is 16.5. The normalized spacial score (nSPS) is 10.8. The second kappa shape index (κ2) is 10.0. The first-order valence-electron chi connectivity index (χ1n) is 10.8. The standard InChI is InChI=1S/C28H26O5/c29-23-5-1-3-20(15-23)8-7-19-10-13-25(14-11-19)33-28-17-22(26(31)18-27(28)32)12-9-21-4-2-6-24(30)16-21/h1-6,10-11,13-18,29-32H,7-9,12H2. The van der Waals surface area contributed by atoms with E-state index in [0.29, 0.717) is 24.2 Å². The molecule has 0 spiro atoms. The fourth-order valence-electron chi connectivity index (χ4n) is 3.72. The first kappa shape index (κ1) is 22.1. The lowest BCUT2D eigenvalue weighted by Gasteiger charge is -2.12. The average molecular weight is 443 g/mol. The molecule has 0 saturated heterocycles. The van der Waals surface area contributed by atoms with Gasteiger partial charge in [0.05, 0.1) is 0 Å². The van der Waals surface area contributed by atoms with Gasteiger partial charge in [0.1, 0.15) is 23.0 Å². The lowest BCUT2D eigenvalue weighted by atomic mass is 10.0. The number of aromatic hydroxyl groups is 4. The number of phenolic OH excluding ortho intramolecular Hbond substituents is 4. The van der Waals surface area contributed by atoms with Crippen molar-refractivity contribution in [3.05, 3.63) is 107 Å². The highest BCUT2D eigenvalue weighted by Crippen LogP contribution is 2.37. The number of hydrogen-bond donors (Lipinski definition) is 4. The van der Waals surface area contributed by atoms with Gasteiger partial charge in [-0.25, -0.2) is 0 Å². The Morgan fingerprint density at radius 2 is 1.09 bits per heavy atom. The van der Waals surface area contributed by atoms with E-state index in [-0.39, 0.29) is 28.7 Å². The van der Waals surface area contributed by atoms with Crippen molar-refractivity contribution in [1.29, 1.82) is 0 Å². The predicted octanol–water partition coefficient (Wildman–Crippen LogP) is 5.87. The van der Waals surface area contributed by atoms with E-state index in [4.69, 9.17) is 4.74 Å². The maximum Gasteiger partial charge on any atom is 0.169 e. The molecule has 168 valence electrons. The van der Waals surface area contributed by atoms with Crippen molar-refractivity contribution in [1.82, 2.24) is 0 Å². The molecule has 0 bridgehead atoms. The molecule has 4 rings (SSSR count). The van der Waals surface area contributed by atoms with Crippen LogP contribution in [0.3, 0.4) is 0 Å². The molecule has 4 N–H and O–H groups in total. The Hall–Kier alpha value is -4.12. The summed E-state index contributed by atoms with van der Waals surface area (Å²) in [5.41, 5.74) is 3.80. The molecule has 0 aliphatic heterocycles. The Morgan fingerprint density at radius 3 is 1.70 bits per heavy atom. The van der Waals surface area contributed by atoms with Crippen LogP contribution in [0, 0.1) is 0 Å². The zero-order valence-electron chi connectivity index (χ0n) is 18.1. The third-order valence-electron chi connectivity index (χ3n) is 5.52. The molecule has 0 atom stereocenters. The van der Waals surface area contributed by atoms with E-state index in [1.54, 1.807) is 36.4 Å². The maximum atomic E-state index is 10.2. The maximum absolute atomic E-state index is 10.2. The second-order valence-corrected chi connectivity index (χ2v) is 8.03. The molecule has 0 aromatic heterocycles. The minimum atomic E-state index is -0.137. The van der Waals surface area contributed by atoms with Gasteiger partial charge in [0.25, 0.3) is 0 Å². The summed E-state index contributed by atoms with van der Waals surface area (Å²) >= 11 is 0. The van der Waals surface area contributed by atoms with E-state index in [2.05, 4.69) is 0 Å².